The van der Waals surface area contributed by atoms with Gasteiger partial charge in [-0.1, -0.05) is 0 Å². The second-order valence-corrected chi connectivity index (χ2v) is 5.95. The van der Waals surface area contributed by atoms with Gasteiger partial charge in [-0.05, 0) is 40.0 Å². The van der Waals surface area contributed by atoms with Gasteiger partial charge in [0.05, 0.1) is 6.04 Å². The molecule has 4 nitrogen and oxygen atoms in total. The molecule has 0 spiro atoms. The molecule has 104 valence electrons. The fourth-order valence-electron chi connectivity index (χ4n) is 3.00. The summed E-state index contributed by atoms with van der Waals surface area (Å²) < 4.78 is 0. The van der Waals surface area contributed by atoms with Gasteiger partial charge < -0.3 is 10.2 Å². The molecule has 4 heteroatoms. The lowest BCUT2D eigenvalue weighted by Crippen LogP contribution is -2.48. The van der Waals surface area contributed by atoms with Crippen molar-refractivity contribution in [1.82, 2.24) is 15.1 Å². The summed E-state index contributed by atoms with van der Waals surface area (Å²) in [5.41, 5.74) is 0. The number of carbonyl (C=O) groups excluding carboxylic acids is 1. The normalized spacial score (nSPS) is 30.4. The van der Waals surface area contributed by atoms with E-state index in [1.807, 2.05) is 20.9 Å². The minimum atomic E-state index is -0.0636. The first-order valence-corrected chi connectivity index (χ1v) is 7.29. The fourth-order valence-corrected chi connectivity index (χ4v) is 3.00. The summed E-state index contributed by atoms with van der Waals surface area (Å²) in [6.07, 6.45) is 3.90. The van der Waals surface area contributed by atoms with Crippen molar-refractivity contribution in [2.24, 2.45) is 0 Å². The van der Waals surface area contributed by atoms with E-state index in [-0.39, 0.29) is 11.9 Å². The number of likely N-dealkylation sites (tertiary alicyclic amines) is 1. The Hall–Kier alpha value is -0.610. The SMILES string of the molecule is CCN(C)C(=O)C(C)NC1CC(C)N(C2CC2)C1. The maximum Gasteiger partial charge on any atom is 0.239 e. The zero-order valence-electron chi connectivity index (χ0n) is 12.1. The third-order valence-electron chi connectivity index (χ3n) is 4.35. The minimum absolute atomic E-state index is 0.0636. The van der Waals surface area contributed by atoms with E-state index in [4.69, 9.17) is 0 Å². The molecular formula is C14H27N3O. The number of hydrogen-bond acceptors (Lipinski definition) is 3. The average molecular weight is 253 g/mol. The number of hydrogen-bond donors (Lipinski definition) is 1. The number of likely N-dealkylation sites (N-methyl/N-ethyl adjacent to an activating group) is 1. The van der Waals surface area contributed by atoms with Crippen molar-refractivity contribution in [1.29, 1.82) is 0 Å². The van der Waals surface area contributed by atoms with Gasteiger partial charge in [0, 0.05) is 38.3 Å². The lowest BCUT2D eigenvalue weighted by Gasteiger charge is -2.24. The van der Waals surface area contributed by atoms with Gasteiger partial charge >= 0.3 is 0 Å². The number of nitrogens with zero attached hydrogens (tertiary/aromatic N) is 2. The smallest absolute Gasteiger partial charge is 0.239 e. The Labute approximate surface area is 111 Å². The molecule has 3 unspecified atom stereocenters. The first kappa shape index (κ1) is 13.8. The van der Waals surface area contributed by atoms with Gasteiger partial charge in [0.2, 0.25) is 5.91 Å². The van der Waals surface area contributed by atoms with E-state index in [1.54, 1.807) is 4.90 Å². The van der Waals surface area contributed by atoms with Crippen molar-refractivity contribution in [3.63, 3.8) is 0 Å². The third kappa shape index (κ3) is 3.04. The first-order valence-electron chi connectivity index (χ1n) is 7.29. The van der Waals surface area contributed by atoms with Crippen LogP contribution in [0.25, 0.3) is 0 Å². The van der Waals surface area contributed by atoms with E-state index in [1.165, 1.54) is 19.3 Å². The fraction of sp³-hybridized carbons (Fsp3) is 0.929. The van der Waals surface area contributed by atoms with E-state index in [0.29, 0.717) is 12.1 Å². The Morgan fingerprint density at radius 1 is 1.50 bits per heavy atom. The second kappa shape index (κ2) is 5.57. The van der Waals surface area contributed by atoms with Crippen LogP contribution in [-0.4, -0.2) is 60.0 Å². The van der Waals surface area contributed by atoms with Gasteiger partial charge in [0.15, 0.2) is 0 Å². The van der Waals surface area contributed by atoms with Crippen LogP contribution in [0.1, 0.15) is 40.0 Å². The van der Waals surface area contributed by atoms with Crippen LogP contribution < -0.4 is 5.32 Å². The minimum Gasteiger partial charge on any atom is -0.345 e. The number of rotatable bonds is 5. The molecule has 1 saturated carbocycles. The highest BCUT2D eigenvalue weighted by Gasteiger charge is 2.39. The Kier molecular flexibility index (Phi) is 4.28. The highest BCUT2D eigenvalue weighted by Crippen LogP contribution is 2.33. The van der Waals surface area contributed by atoms with Crippen LogP contribution in [0.5, 0.6) is 0 Å². The van der Waals surface area contributed by atoms with Gasteiger partial charge in [-0.3, -0.25) is 9.69 Å². The molecule has 18 heavy (non-hydrogen) atoms. The van der Waals surface area contributed by atoms with E-state index in [2.05, 4.69) is 17.1 Å². The zero-order valence-corrected chi connectivity index (χ0v) is 12.1. The van der Waals surface area contributed by atoms with E-state index in [9.17, 15) is 4.79 Å². The first-order chi connectivity index (χ1) is 8.52. The largest absolute Gasteiger partial charge is 0.345 e. The predicted octanol–water partition coefficient (Wildman–Crippen LogP) is 1.07. The van der Waals surface area contributed by atoms with Gasteiger partial charge in [0.1, 0.15) is 0 Å². The topological polar surface area (TPSA) is 35.6 Å². The standard InChI is InChI=1S/C14H27N3O/c1-5-16(4)14(18)11(3)15-12-8-10(2)17(9-12)13-6-7-13/h10-13,15H,5-9H2,1-4H3. The Balaban J connectivity index is 1.81. The molecule has 2 rings (SSSR count). The summed E-state index contributed by atoms with van der Waals surface area (Å²) in [5.74, 6) is 0.204. The van der Waals surface area contributed by atoms with Crippen LogP contribution in [0.2, 0.25) is 0 Å². The summed E-state index contributed by atoms with van der Waals surface area (Å²) in [5, 5.41) is 3.50. The summed E-state index contributed by atoms with van der Waals surface area (Å²) in [7, 11) is 1.87. The van der Waals surface area contributed by atoms with Crippen molar-refractivity contribution < 1.29 is 4.79 Å². The van der Waals surface area contributed by atoms with Crippen molar-refractivity contribution in [2.45, 2.75) is 64.2 Å². The monoisotopic (exact) mass is 253 g/mol. The lowest BCUT2D eigenvalue weighted by molar-refractivity contribution is -0.131. The highest BCUT2D eigenvalue weighted by molar-refractivity contribution is 5.81. The maximum absolute atomic E-state index is 12.0. The molecule has 1 heterocycles. The van der Waals surface area contributed by atoms with Crippen molar-refractivity contribution in [2.75, 3.05) is 20.1 Å². The van der Waals surface area contributed by atoms with Crippen molar-refractivity contribution >= 4 is 5.91 Å². The molecule has 0 aromatic carbocycles. The number of amides is 1. The average Bonchev–Trinajstić information content (AvgIpc) is 3.12. The summed E-state index contributed by atoms with van der Waals surface area (Å²) in [6.45, 7) is 8.19. The van der Waals surface area contributed by atoms with Crippen LogP contribution in [-0.2, 0) is 4.79 Å². The third-order valence-corrected chi connectivity index (χ3v) is 4.35. The molecule has 2 aliphatic rings. The molecule has 0 radical (unpaired) electrons. The molecular weight excluding hydrogens is 226 g/mol. The summed E-state index contributed by atoms with van der Waals surface area (Å²) in [6, 6.07) is 1.91. The van der Waals surface area contributed by atoms with Gasteiger partial charge in [-0.15, -0.1) is 0 Å². The molecule has 2 fully saturated rings. The van der Waals surface area contributed by atoms with E-state index < -0.39 is 0 Å². The van der Waals surface area contributed by atoms with Crippen molar-refractivity contribution in [3.8, 4) is 0 Å². The maximum atomic E-state index is 12.0. The summed E-state index contributed by atoms with van der Waals surface area (Å²) >= 11 is 0. The number of nitrogens with one attached hydrogen (secondary N) is 1. The van der Waals surface area contributed by atoms with Crippen molar-refractivity contribution in [3.05, 3.63) is 0 Å². The molecule has 1 amide bonds. The molecule has 0 aromatic heterocycles. The quantitative estimate of drug-likeness (QED) is 0.796. The molecule has 0 aromatic rings. The molecule has 1 N–H and O–H groups in total. The molecule has 1 aliphatic carbocycles. The van der Waals surface area contributed by atoms with Crippen LogP contribution in [0.4, 0.5) is 0 Å². The molecule has 1 aliphatic heterocycles. The van der Waals surface area contributed by atoms with Crippen LogP contribution >= 0.6 is 0 Å². The van der Waals surface area contributed by atoms with Crippen LogP contribution in [0.15, 0.2) is 0 Å². The molecule has 0 bridgehead atoms. The Bertz CT molecular complexity index is 303. The number of carbonyl (C=O) groups is 1. The molecule has 1 saturated heterocycles. The van der Waals surface area contributed by atoms with Crippen LogP contribution in [0, 0.1) is 0 Å². The predicted molar refractivity (Wildman–Crippen MR) is 73.5 cm³/mol. The van der Waals surface area contributed by atoms with Gasteiger partial charge in [-0.25, -0.2) is 0 Å². The Morgan fingerprint density at radius 2 is 2.17 bits per heavy atom. The lowest BCUT2D eigenvalue weighted by atomic mass is 10.1. The van der Waals surface area contributed by atoms with Gasteiger partial charge in [-0.2, -0.15) is 0 Å². The zero-order chi connectivity index (χ0) is 13.3. The van der Waals surface area contributed by atoms with E-state index >= 15 is 0 Å². The van der Waals surface area contributed by atoms with Gasteiger partial charge in [0.25, 0.3) is 0 Å². The highest BCUT2D eigenvalue weighted by atomic mass is 16.2. The summed E-state index contributed by atoms with van der Waals surface area (Å²) in [4.78, 5) is 16.4. The van der Waals surface area contributed by atoms with E-state index in [0.717, 1.165) is 19.1 Å². The Morgan fingerprint density at radius 3 is 2.72 bits per heavy atom. The second-order valence-electron chi connectivity index (χ2n) is 5.95. The molecule has 3 atom stereocenters. The van der Waals surface area contributed by atoms with Crippen LogP contribution in [0.3, 0.4) is 0 Å².